The number of fused-ring (bicyclic) bond motifs is 1. The van der Waals surface area contributed by atoms with Gasteiger partial charge in [-0.2, -0.15) is 5.10 Å². The van der Waals surface area contributed by atoms with Crippen molar-refractivity contribution in [1.82, 2.24) is 20.4 Å². The fourth-order valence-electron chi connectivity index (χ4n) is 2.50. The van der Waals surface area contributed by atoms with Gasteiger partial charge in [0.1, 0.15) is 11.3 Å². The van der Waals surface area contributed by atoms with Crippen LogP contribution in [-0.4, -0.2) is 15.8 Å². The van der Waals surface area contributed by atoms with Crippen LogP contribution in [0.1, 0.15) is 37.3 Å². The molecule has 0 fully saturated rings. The highest BCUT2D eigenvalue weighted by molar-refractivity contribution is 6.31. The maximum atomic E-state index is 12.2. The molecule has 126 valence electrons. The SMILES string of the molecule is C[C@H](NC(=O)N[C@H](C)c1cnn(C)c1)c1cc2cc(Cl)ccc2o1. The standard InChI is InChI=1S/C17H19ClN4O2/c1-10(13-8-19-22(3)9-13)20-17(23)21-11(2)16-7-12-6-14(18)4-5-15(12)24-16/h4-11H,1-3H3,(H2,20,21,23)/t10-,11+/m1/s1. The second kappa shape index (κ2) is 6.57. The smallest absolute Gasteiger partial charge is 0.315 e. The summed E-state index contributed by atoms with van der Waals surface area (Å²) in [4.78, 5) is 12.2. The topological polar surface area (TPSA) is 72.1 Å². The Morgan fingerprint density at radius 1 is 1.25 bits per heavy atom. The third-order valence-electron chi connectivity index (χ3n) is 3.84. The van der Waals surface area contributed by atoms with E-state index in [-0.39, 0.29) is 18.1 Å². The van der Waals surface area contributed by atoms with Crippen LogP contribution in [0.2, 0.25) is 5.02 Å². The number of hydrogen-bond donors (Lipinski definition) is 2. The molecule has 1 aromatic carbocycles. The highest BCUT2D eigenvalue weighted by Gasteiger charge is 2.16. The Kier molecular flexibility index (Phi) is 4.49. The molecule has 2 heterocycles. The van der Waals surface area contributed by atoms with E-state index in [1.807, 2.05) is 45.3 Å². The number of urea groups is 1. The molecule has 3 rings (SSSR count). The van der Waals surface area contributed by atoms with Crippen LogP contribution in [0.5, 0.6) is 0 Å². The zero-order valence-corrected chi connectivity index (χ0v) is 14.5. The van der Waals surface area contributed by atoms with Crippen molar-refractivity contribution in [3.05, 3.63) is 53.0 Å². The molecule has 0 saturated heterocycles. The number of hydrogen-bond acceptors (Lipinski definition) is 3. The minimum atomic E-state index is -0.266. The maximum Gasteiger partial charge on any atom is 0.315 e. The lowest BCUT2D eigenvalue weighted by atomic mass is 10.2. The van der Waals surface area contributed by atoms with Crippen molar-refractivity contribution in [2.45, 2.75) is 25.9 Å². The van der Waals surface area contributed by atoms with E-state index in [0.29, 0.717) is 10.8 Å². The molecule has 0 saturated carbocycles. The predicted octanol–water partition coefficient (Wildman–Crippen LogP) is 3.94. The molecule has 7 heteroatoms. The minimum Gasteiger partial charge on any atom is -0.459 e. The van der Waals surface area contributed by atoms with Crippen molar-refractivity contribution in [2.75, 3.05) is 0 Å². The van der Waals surface area contributed by atoms with Crippen LogP contribution in [0, 0.1) is 0 Å². The molecular formula is C17H19ClN4O2. The zero-order chi connectivity index (χ0) is 17.3. The van der Waals surface area contributed by atoms with Crippen molar-refractivity contribution in [2.24, 2.45) is 7.05 Å². The highest BCUT2D eigenvalue weighted by Crippen LogP contribution is 2.26. The average molecular weight is 347 g/mol. The van der Waals surface area contributed by atoms with E-state index in [1.54, 1.807) is 16.9 Å². The summed E-state index contributed by atoms with van der Waals surface area (Å²) >= 11 is 5.98. The summed E-state index contributed by atoms with van der Waals surface area (Å²) in [5.41, 5.74) is 1.69. The van der Waals surface area contributed by atoms with Gasteiger partial charge in [0, 0.05) is 29.2 Å². The second-order valence-corrected chi connectivity index (χ2v) is 6.28. The number of carbonyl (C=O) groups is 1. The Hall–Kier alpha value is -2.47. The Bertz CT molecular complexity index is 870. The van der Waals surface area contributed by atoms with Crippen molar-refractivity contribution in [1.29, 1.82) is 0 Å². The number of carbonyl (C=O) groups excluding carboxylic acids is 1. The number of furan rings is 1. The monoisotopic (exact) mass is 346 g/mol. The van der Waals surface area contributed by atoms with Gasteiger partial charge in [-0.3, -0.25) is 4.68 Å². The molecule has 2 amide bonds. The van der Waals surface area contributed by atoms with Crippen LogP contribution in [0.3, 0.4) is 0 Å². The number of nitrogens with zero attached hydrogens (tertiary/aromatic N) is 2. The Labute approximate surface area is 144 Å². The van der Waals surface area contributed by atoms with Crippen LogP contribution in [-0.2, 0) is 7.05 Å². The lowest BCUT2D eigenvalue weighted by Crippen LogP contribution is -2.38. The molecule has 0 bridgehead atoms. The molecule has 0 radical (unpaired) electrons. The van der Waals surface area contributed by atoms with Crippen molar-refractivity contribution < 1.29 is 9.21 Å². The van der Waals surface area contributed by atoms with Gasteiger partial charge in [0.05, 0.1) is 18.3 Å². The van der Waals surface area contributed by atoms with E-state index in [2.05, 4.69) is 15.7 Å². The predicted molar refractivity (Wildman–Crippen MR) is 92.9 cm³/mol. The van der Waals surface area contributed by atoms with Gasteiger partial charge in [-0.25, -0.2) is 4.79 Å². The molecule has 3 aromatic rings. The fraction of sp³-hybridized carbons (Fsp3) is 0.294. The van der Waals surface area contributed by atoms with E-state index in [4.69, 9.17) is 16.0 Å². The molecule has 0 spiro atoms. The Morgan fingerprint density at radius 3 is 2.71 bits per heavy atom. The summed E-state index contributed by atoms with van der Waals surface area (Å²) in [6.07, 6.45) is 3.61. The molecule has 0 unspecified atom stereocenters. The van der Waals surface area contributed by atoms with Crippen LogP contribution in [0.4, 0.5) is 4.79 Å². The van der Waals surface area contributed by atoms with Crippen LogP contribution in [0.25, 0.3) is 11.0 Å². The van der Waals surface area contributed by atoms with E-state index in [9.17, 15) is 4.79 Å². The van der Waals surface area contributed by atoms with Gasteiger partial charge in [0.15, 0.2) is 0 Å². The quantitative estimate of drug-likeness (QED) is 0.751. The zero-order valence-electron chi connectivity index (χ0n) is 13.7. The summed E-state index contributed by atoms with van der Waals surface area (Å²) in [6, 6.07) is 6.64. The van der Waals surface area contributed by atoms with Crippen molar-refractivity contribution in [3.8, 4) is 0 Å². The van der Waals surface area contributed by atoms with E-state index < -0.39 is 0 Å². The van der Waals surface area contributed by atoms with Gasteiger partial charge in [-0.15, -0.1) is 0 Å². The van der Waals surface area contributed by atoms with Crippen LogP contribution in [0.15, 0.2) is 41.1 Å². The molecule has 24 heavy (non-hydrogen) atoms. The number of aromatic nitrogens is 2. The Balaban J connectivity index is 1.64. The first-order valence-corrected chi connectivity index (χ1v) is 8.05. The first kappa shape index (κ1) is 16.4. The summed E-state index contributed by atoms with van der Waals surface area (Å²) in [6.45, 7) is 3.78. The number of benzene rings is 1. The molecule has 0 aliphatic carbocycles. The normalized spacial score (nSPS) is 13.7. The van der Waals surface area contributed by atoms with Crippen molar-refractivity contribution >= 4 is 28.6 Å². The third-order valence-corrected chi connectivity index (χ3v) is 4.08. The summed E-state index contributed by atoms with van der Waals surface area (Å²) in [5.74, 6) is 0.677. The van der Waals surface area contributed by atoms with E-state index in [1.165, 1.54) is 0 Å². The summed E-state index contributed by atoms with van der Waals surface area (Å²) in [5, 5.41) is 11.4. The van der Waals surface area contributed by atoms with E-state index in [0.717, 1.165) is 16.5 Å². The van der Waals surface area contributed by atoms with E-state index >= 15 is 0 Å². The Morgan fingerprint density at radius 2 is 2.00 bits per heavy atom. The van der Waals surface area contributed by atoms with Crippen LogP contribution < -0.4 is 10.6 Å². The lowest BCUT2D eigenvalue weighted by Gasteiger charge is -2.16. The number of aryl methyl sites for hydroxylation is 1. The molecule has 2 aromatic heterocycles. The maximum absolute atomic E-state index is 12.2. The lowest BCUT2D eigenvalue weighted by molar-refractivity contribution is 0.233. The molecule has 6 nitrogen and oxygen atoms in total. The van der Waals surface area contributed by atoms with Crippen molar-refractivity contribution in [3.63, 3.8) is 0 Å². The highest BCUT2D eigenvalue weighted by atomic mass is 35.5. The fourth-order valence-corrected chi connectivity index (χ4v) is 2.68. The van der Waals surface area contributed by atoms with Gasteiger partial charge in [0.25, 0.3) is 0 Å². The van der Waals surface area contributed by atoms with Crippen LogP contribution >= 0.6 is 11.6 Å². The minimum absolute atomic E-state index is 0.139. The molecule has 2 atom stereocenters. The number of nitrogens with one attached hydrogen (secondary N) is 2. The molecule has 0 aliphatic heterocycles. The van der Waals surface area contributed by atoms with Gasteiger partial charge >= 0.3 is 6.03 Å². The number of amides is 2. The third kappa shape index (κ3) is 3.54. The largest absolute Gasteiger partial charge is 0.459 e. The van der Waals surface area contributed by atoms with Gasteiger partial charge in [-0.1, -0.05) is 11.6 Å². The first-order chi connectivity index (χ1) is 11.4. The average Bonchev–Trinajstić information content (AvgIpc) is 3.12. The number of rotatable bonds is 4. The molecular weight excluding hydrogens is 328 g/mol. The number of halogens is 1. The summed E-state index contributed by atoms with van der Waals surface area (Å²) < 4.78 is 7.47. The summed E-state index contributed by atoms with van der Waals surface area (Å²) in [7, 11) is 1.84. The first-order valence-electron chi connectivity index (χ1n) is 7.67. The molecule has 0 aliphatic rings. The second-order valence-electron chi connectivity index (χ2n) is 5.84. The van der Waals surface area contributed by atoms with Gasteiger partial charge < -0.3 is 15.1 Å². The van der Waals surface area contributed by atoms with Gasteiger partial charge in [-0.05, 0) is 38.1 Å². The van der Waals surface area contributed by atoms with Gasteiger partial charge in [0.2, 0.25) is 0 Å². The molecule has 2 N–H and O–H groups in total.